The molecule has 90 valence electrons. The first-order valence-electron chi connectivity index (χ1n) is 4.95. The van der Waals surface area contributed by atoms with Gasteiger partial charge in [0, 0.05) is 7.05 Å². The predicted octanol–water partition coefficient (Wildman–Crippen LogP) is -1.32. The lowest BCUT2D eigenvalue weighted by atomic mass is 10.3. The maximum atomic E-state index is 12.1. The lowest BCUT2D eigenvalue weighted by Crippen LogP contribution is -2.39. The van der Waals surface area contributed by atoms with E-state index in [1.165, 1.54) is 21.8 Å². The Balaban J connectivity index is 2.61. The number of aryl methyl sites for hydroxylation is 1. The molecule has 8 nitrogen and oxygen atoms in total. The number of aromatic nitrogens is 4. The van der Waals surface area contributed by atoms with Crippen molar-refractivity contribution < 1.29 is 4.79 Å². The van der Waals surface area contributed by atoms with Gasteiger partial charge in [-0.25, -0.2) is 10.8 Å². The average Bonchev–Trinajstić information content (AvgIpc) is 2.71. The average molecular weight is 236 g/mol. The van der Waals surface area contributed by atoms with Gasteiger partial charge in [0.1, 0.15) is 17.8 Å². The number of amides is 1. The highest BCUT2D eigenvalue weighted by atomic mass is 16.2. The van der Waals surface area contributed by atoms with Crippen LogP contribution >= 0.6 is 0 Å². The number of hydrogen-bond donors (Lipinski definition) is 2. The first-order chi connectivity index (χ1) is 8.06. The summed E-state index contributed by atoms with van der Waals surface area (Å²) in [6.07, 6.45) is 2.74. The van der Waals surface area contributed by atoms with Crippen LogP contribution in [-0.4, -0.2) is 25.2 Å². The number of carbonyl (C=O) groups excluding carboxylic acids is 1. The Bertz CT molecular complexity index is 628. The second-order valence-electron chi connectivity index (χ2n) is 3.65. The standard InChI is InChI=1S/C9H12N6O2/c1-5(8(16)13-10)15-4-11-7-6(9(15)17)3-12-14(7)2/h3-5H,10H2,1-2H3,(H,13,16). The first-order valence-corrected chi connectivity index (χ1v) is 4.95. The quantitative estimate of drug-likeness (QED) is 0.382. The molecular formula is C9H12N6O2. The lowest BCUT2D eigenvalue weighted by molar-refractivity contribution is -0.124. The summed E-state index contributed by atoms with van der Waals surface area (Å²) in [6, 6.07) is -0.718. The van der Waals surface area contributed by atoms with E-state index in [4.69, 9.17) is 5.84 Å². The van der Waals surface area contributed by atoms with Crippen LogP contribution in [0.15, 0.2) is 17.3 Å². The van der Waals surface area contributed by atoms with Gasteiger partial charge in [0.25, 0.3) is 11.5 Å². The van der Waals surface area contributed by atoms with Crippen molar-refractivity contribution >= 4 is 16.9 Å². The Morgan fingerprint density at radius 1 is 1.59 bits per heavy atom. The number of nitrogens with one attached hydrogen (secondary N) is 1. The summed E-state index contributed by atoms with van der Waals surface area (Å²) in [6.45, 7) is 1.56. The van der Waals surface area contributed by atoms with E-state index in [0.717, 1.165) is 0 Å². The van der Waals surface area contributed by atoms with Crippen LogP contribution in [0.4, 0.5) is 0 Å². The van der Waals surface area contributed by atoms with E-state index in [2.05, 4.69) is 10.1 Å². The van der Waals surface area contributed by atoms with Crippen molar-refractivity contribution in [2.75, 3.05) is 0 Å². The second kappa shape index (κ2) is 3.98. The number of carbonyl (C=O) groups is 1. The molecule has 0 fully saturated rings. The van der Waals surface area contributed by atoms with Gasteiger partial charge >= 0.3 is 0 Å². The second-order valence-corrected chi connectivity index (χ2v) is 3.65. The number of fused-ring (bicyclic) bond motifs is 1. The van der Waals surface area contributed by atoms with Crippen molar-refractivity contribution in [2.24, 2.45) is 12.9 Å². The molecule has 2 aromatic heterocycles. The molecule has 0 bridgehead atoms. The molecule has 8 heteroatoms. The molecule has 0 saturated heterocycles. The monoisotopic (exact) mass is 236 g/mol. The zero-order valence-corrected chi connectivity index (χ0v) is 9.41. The van der Waals surface area contributed by atoms with Gasteiger partial charge in [-0.2, -0.15) is 5.10 Å². The molecule has 0 aliphatic heterocycles. The van der Waals surface area contributed by atoms with Crippen LogP contribution in [0.2, 0.25) is 0 Å². The molecule has 17 heavy (non-hydrogen) atoms. The van der Waals surface area contributed by atoms with Gasteiger partial charge in [-0.1, -0.05) is 0 Å². The van der Waals surface area contributed by atoms with Gasteiger partial charge in [-0.15, -0.1) is 0 Å². The van der Waals surface area contributed by atoms with Crippen molar-refractivity contribution in [3.05, 3.63) is 22.9 Å². The van der Waals surface area contributed by atoms with E-state index < -0.39 is 11.9 Å². The van der Waals surface area contributed by atoms with Crippen LogP contribution in [-0.2, 0) is 11.8 Å². The number of hydrogen-bond acceptors (Lipinski definition) is 5. The van der Waals surface area contributed by atoms with Gasteiger partial charge in [0.2, 0.25) is 0 Å². The number of rotatable bonds is 2. The van der Waals surface area contributed by atoms with E-state index >= 15 is 0 Å². The van der Waals surface area contributed by atoms with E-state index in [0.29, 0.717) is 11.0 Å². The van der Waals surface area contributed by atoms with Gasteiger partial charge < -0.3 is 0 Å². The van der Waals surface area contributed by atoms with Crippen LogP contribution in [0.5, 0.6) is 0 Å². The van der Waals surface area contributed by atoms with E-state index in [1.807, 2.05) is 5.43 Å². The minimum atomic E-state index is -0.718. The molecule has 1 atom stereocenters. The minimum Gasteiger partial charge on any atom is -0.292 e. The molecular weight excluding hydrogens is 224 g/mol. The lowest BCUT2D eigenvalue weighted by Gasteiger charge is -2.12. The van der Waals surface area contributed by atoms with Crippen molar-refractivity contribution in [3.63, 3.8) is 0 Å². The zero-order valence-electron chi connectivity index (χ0n) is 9.41. The third-order valence-corrected chi connectivity index (χ3v) is 2.62. The maximum absolute atomic E-state index is 12.1. The molecule has 2 heterocycles. The van der Waals surface area contributed by atoms with Crippen molar-refractivity contribution in [2.45, 2.75) is 13.0 Å². The summed E-state index contributed by atoms with van der Waals surface area (Å²) in [4.78, 5) is 27.5. The zero-order chi connectivity index (χ0) is 12.6. The molecule has 1 unspecified atom stereocenters. The molecule has 0 aromatic carbocycles. The van der Waals surface area contributed by atoms with E-state index in [-0.39, 0.29) is 5.56 Å². The van der Waals surface area contributed by atoms with Gasteiger partial charge in [-0.05, 0) is 6.92 Å². The largest absolute Gasteiger partial charge is 0.292 e. The fraction of sp³-hybridized carbons (Fsp3) is 0.333. The molecule has 0 saturated carbocycles. The number of nitrogens with zero attached hydrogens (tertiary/aromatic N) is 4. The van der Waals surface area contributed by atoms with E-state index in [9.17, 15) is 9.59 Å². The van der Waals surface area contributed by atoms with Gasteiger partial charge in [0.15, 0.2) is 5.65 Å². The van der Waals surface area contributed by atoms with Crippen LogP contribution in [0.25, 0.3) is 11.0 Å². The molecule has 1 amide bonds. The summed E-state index contributed by atoms with van der Waals surface area (Å²) in [5.74, 6) is 4.56. The van der Waals surface area contributed by atoms with Crippen molar-refractivity contribution in [1.82, 2.24) is 24.8 Å². The van der Waals surface area contributed by atoms with Crippen LogP contribution in [0, 0.1) is 0 Å². The summed E-state index contributed by atoms with van der Waals surface area (Å²) in [5.41, 5.74) is 2.15. The van der Waals surface area contributed by atoms with E-state index in [1.54, 1.807) is 14.0 Å². The molecule has 0 aliphatic rings. The number of nitrogens with two attached hydrogens (primary N) is 1. The topological polar surface area (TPSA) is 108 Å². The molecule has 0 spiro atoms. The molecule has 0 aliphatic carbocycles. The summed E-state index contributed by atoms with van der Waals surface area (Å²) in [5, 5.41) is 4.30. The molecule has 2 rings (SSSR count). The molecule has 3 N–H and O–H groups in total. The number of hydrazine groups is 1. The summed E-state index contributed by atoms with van der Waals surface area (Å²) >= 11 is 0. The highest BCUT2D eigenvalue weighted by molar-refractivity contribution is 5.80. The normalized spacial score (nSPS) is 12.6. The third-order valence-electron chi connectivity index (χ3n) is 2.62. The minimum absolute atomic E-state index is 0.320. The van der Waals surface area contributed by atoms with Crippen molar-refractivity contribution in [3.8, 4) is 0 Å². The molecule has 2 aromatic rings. The van der Waals surface area contributed by atoms with Gasteiger partial charge in [0.05, 0.1) is 6.20 Å². The Morgan fingerprint density at radius 2 is 2.29 bits per heavy atom. The third kappa shape index (κ3) is 1.68. The highest BCUT2D eigenvalue weighted by Crippen LogP contribution is 2.07. The van der Waals surface area contributed by atoms with Gasteiger partial charge in [-0.3, -0.25) is 24.3 Å². The summed E-state index contributed by atoms with van der Waals surface area (Å²) in [7, 11) is 1.69. The smallest absolute Gasteiger partial charge is 0.265 e. The maximum Gasteiger partial charge on any atom is 0.265 e. The van der Waals surface area contributed by atoms with Crippen molar-refractivity contribution in [1.29, 1.82) is 0 Å². The Kier molecular flexibility index (Phi) is 2.64. The Morgan fingerprint density at radius 3 is 2.94 bits per heavy atom. The predicted molar refractivity (Wildman–Crippen MR) is 59.8 cm³/mol. The van der Waals surface area contributed by atoms with Crippen LogP contribution < -0.4 is 16.8 Å². The fourth-order valence-electron chi connectivity index (χ4n) is 1.57. The Hall–Kier alpha value is -2.22. The highest BCUT2D eigenvalue weighted by Gasteiger charge is 2.17. The SMILES string of the molecule is CC(C(=O)NN)n1cnc2c(cnn2C)c1=O. The molecule has 0 radical (unpaired) electrons. The fourth-order valence-corrected chi connectivity index (χ4v) is 1.57. The summed E-state index contributed by atoms with van der Waals surface area (Å²) < 4.78 is 2.71. The van der Waals surface area contributed by atoms with Crippen LogP contribution in [0.3, 0.4) is 0 Å². The van der Waals surface area contributed by atoms with Crippen LogP contribution in [0.1, 0.15) is 13.0 Å². The first kappa shape index (κ1) is 11.3. The Labute approximate surface area is 96.0 Å².